The Bertz CT molecular complexity index is 1280. The fourth-order valence-electron chi connectivity index (χ4n) is 4.98. The van der Waals surface area contributed by atoms with E-state index in [9.17, 15) is 9.59 Å². The lowest BCUT2D eigenvalue weighted by Gasteiger charge is -2.51. The molecule has 4 atom stereocenters. The van der Waals surface area contributed by atoms with E-state index in [4.69, 9.17) is 11.5 Å². The maximum Gasteiger partial charge on any atom is 0.267 e. The Hall–Kier alpha value is -3.52. The molecule has 1 saturated carbocycles. The molecule has 0 spiro atoms. The molecule has 1 aliphatic rings. The first-order valence-electron chi connectivity index (χ1n) is 11.1. The van der Waals surface area contributed by atoms with Gasteiger partial charge in [0.05, 0.1) is 12.4 Å². The number of rotatable bonds is 8. The van der Waals surface area contributed by atoms with Crippen molar-refractivity contribution < 1.29 is 9.59 Å². The Morgan fingerprint density at radius 3 is 1.53 bits per heavy atom. The summed E-state index contributed by atoms with van der Waals surface area (Å²) in [6, 6.07) is 3.43. The summed E-state index contributed by atoms with van der Waals surface area (Å²) in [5.41, 5.74) is 14.3. The second kappa shape index (κ2) is 9.85. The third-order valence-corrected chi connectivity index (χ3v) is 7.51. The standard InChI is InChI=1S/C22H24Br2N10O2/c23-9-1-13(27-3-9)19(35)29-5-11-12(6-30-20(36)14-2-10(24)4-28-14)18(16-8-32-22(26)34-16)17(11)15-7-31-21(25)33-15/h1-4,7-8,11-12,17-18,27-28H,5-6H2,(H,29,35)(H,30,36)(H3,25,31,33)(H3,26,32,34). The summed E-state index contributed by atoms with van der Waals surface area (Å²) in [7, 11) is 0. The molecule has 0 aromatic carbocycles. The molecule has 0 aliphatic heterocycles. The Kier molecular flexibility index (Phi) is 6.62. The fraction of sp³-hybridized carbons (Fsp3) is 0.273. The van der Waals surface area contributed by atoms with Gasteiger partial charge in [-0.3, -0.25) is 9.59 Å². The molecule has 1 aliphatic carbocycles. The lowest BCUT2D eigenvalue weighted by atomic mass is 9.54. The SMILES string of the molecule is Nc1ncc(C2C(CNC(=O)c3cc(Br)c[nH]3)C(CNC(=O)c3cc(Br)c[nH]3)C2c2cnc(N)[nH]2)[nH]1. The van der Waals surface area contributed by atoms with Gasteiger partial charge in [0, 0.05) is 57.7 Å². The number of carbonyl (C=O) groups excluding carboxylic acids is 2. The molecule has 4 unspecified atom stereocenters. The van der Waals surface area contributed by atoms with E-state index < -0.39 is 0 Å². The molecule has 2 amide bonds. The highest BCUT2D eigenvalue weighted by Crippen LogP contribution is 2.56. The van der Waals surface area contributed by atoms with Crippen molar-refractivity contribution in [3.8, 4) is 0 Å². The second-order valence-electron chi connectivity index (χ2n) is 8.71. The number of aromatic nitrogens is 6. The number of anilines is 2. The van der Waals surface area contributed by atoms with E-state index in [2.05, 4.69) is 72.4 Å². The summed E-state index contributed by atoms with van der Waals surface area (Å²) in [5, 5.41) is 6.04. The van der Waals surface area contributed by atoms with Gasteiger partial charge in [0.2, 0.25) is 0 Å². The minimum absolute atomic E-state index is 0.0441. The van der Waals surface area contributed by atoms with Gasteiger partial charge in [-0.15, -0.1) is 0 Å². The highest BCUT2D eigenvalue weighted by Gasteiger charge is 2.53. The third-order valence-electron chi connectivity index (χ3n) is 6.59. The van der Waals surface area contributed by atoms with Crippen molar-refractivity contribution >= 4 is 55.6 Å². The maximum atomic E-state index is 12.8. The van der Waals surface area contributed by atoms with Gasteiger partial charge in [0.15, 0.2) is 11.9 Å². The quantitative estimate of drug-likeness (QED) is 0.149. The summed E-state index contributed by atoms with van der Waals surface area (Å²) in [4.78, 5) is 46.0. The molecule has 10 N–H and O–H groups in total. The molecule has 1 fully saturated rings. The molecule has 0 bridgehead atoms. The van der Waals surface area contributed by atoms with Crippen LogP contribution in [0.25, 0.3) is 0 Å². The van der Waals surface area contributed by atoms with Gasteiger partial charge >= 0.3 is 0 Å². The minimum atomic E-state index is -0.225. The normalized spacial score (nSPS) is 21.2. The van der Waals surface area contributed by atoms with Crippen LogP contribution in [-0.2, 0) is 0 Å². The molecule has 188 valence electrons. The van der Waals surface area contributed by atoms with Crippen molar-refractivity contribution in [1.82, 2.24) is 40.5 Å². The molecule has 4 aromatic rings. The summed E-state index contributed by atoms with van der Waals surface area (Å²) >= 11 is 6.70. The predicted molar refractivity (Wildman–Crippen MR) is 140 cm³/mol. The minimum Gasteiger partial charge on any atom is -0.369 e. The smallest absolute Gasteiger partial charge is 0.267 e. The number of H-pyrrole nitrogens is 4. The van der Waals surface area contributed by atoms with Crippen molar-refractivity contribution in [2.75, 3.05) is 24.6 Å². The Morgan fingerprint density at radius 2 is 1.22 bits per heavy atom. The van der Waals surface area contributed by atoms with E-state index in [1.807, 2.05) is 0 Å². The monoisotopic (exact) mass is 618 g/mol. The molecule has 4 aromatic heterocycles. The van der Waals surface area contributed by atoms with E-state index in [0.717, 1.165) is 20.3 Å². The van der Waals surface area contributed by atoms with Gasteiger partial charge in [-0.2, -0.15) is 0 Å². The molecular formula is C22H24Br2N10O2. The van der Waals surface area contributed by atoms with Gasteiger partial charge in [-0.05, 0) is 55.8 Å². The van der Waals surface area contributed by atoms with E-state index in [0.29, 0.717) is 36.4 Å². The number of nitrogens with one attached hydrogen (secondary N) is 6. The van der Waals surface area contributed by atoms with E-state index in [1.54, 1.807) is 36.9 Å². The number of imidazole rings is 2. The third kappa shape index (κ3) is 4.78. The second-order valence-corrected chi connectivity index (χ2v) is 10.5. The van der Waals surface area contributed by atoms with Crippen LogP contribution in [0.2, 0.25) is 0 Å². The van der Waals surface area contributed by atoms with Crippen LogP contribution in [-0.4, -0.2) is 54.8 Å². The number of nitrogen functional groups attached to an aromatic ring is 2. The molecule has 0 saturated heterocycles. The van der Waals surface area contributed by atoms with Crippen LogP contribution in [0.1, 0.15) is 44.2 Å². The zero-order valence-corrected chi connectivity index (χ0v) is 22.0. The molecule has 12 nitrogen and oxygen atoms in total. The predicted octanol–water partition coefficient (Wildman–Crippen LogP) is 2.45. The fourth-order valence-corrected chi connectivity index (χ4v) is 5.66. The zero-order chi connectivity index (χ0) is 25.4. The van der Waals surface area contributed by atoms with Crippen molar-refractivity contribution in [1.29, 1.82) is 0 Å². The average molecular weight is 620 g/mol. The highest BCUT2D eigenvalue weighted by molar-refractivity contribution is 9.10. The summed E-state index contributed by atoms with van der Waals surface area (Å²) < 4.78 is 1.58. The molecule has 4 heterocycles. The van der Waals surface area contributed by atoms with Crippen molar-refractivity contribution in [3.63, 3.8) is 0 Å². The van der Waals surface area contributed by atoms with Crippen LogP contribution in [0.4, 0.5) is 11.9 Å². The average Bonchev–Trinajstić information content (AvgIpc) is 3.63. The number of halogens is 2. The maximum absolute atomic E-state index is 12.8. The molecule has 14 heteroatoms. The Morgan fingerprint density at radius 1 is 0.806 bits per heavy atom. The number of hydrogen-bond donors (Lipinski definition) is 8. The largest absolute Gasteiger partial charge is 0.369 e. The summed E-state index contributed by atoms with van der Waals surface area (Å²) in [6.45, 7) is 0.738. The van der Waals surface area contributed by atoms with Crippen molar-refractivity contribution in [2.45, 2.75) is 11.8 Å². The zero-order valence-electron chi connectivity index (χ0n) is 18.8. The lowest BCUT2D eigenvalue weighted by molar-refractivity contribution is 0.0674. The first kappa shape index (κ1) is 24.2. The van der Waals surface area contributed by atoms with E-state index in [-0.39, 0.29) is 35.5 Å². The van der Waals surface area contributed by atoms with Crippen LogP contribution in [0, 0.1) is 11.8 Å². The van der Waals surface area contributed by atoms with Gasteiger partial charge in [-0.1, -0.05) is 0 Å². The first-order valence-corrected chi connectivity index (χ1v) is 12.7. The lowest BCUT2D eigenvalue weighted by Crippen LogP contribution is -2.53. The number of aromatic amines is 4. The number of carbonyl (C=O) groups is 2. The van der Waals surface area contributed by atoms with Crippen LogP contribution < -0.4 is 22.1 Å². The Labute approximate surface area is 222 Å². The topological polar surface area (TPSA) is 199 Å². The van der Waals surface area contributed by atoms with Crippen LogP contribution >= 0.6 is 31.9 Å². The van der Waals surface area contributed by atoms with Crippen molar-refractivity contribution in [3.05, 3.63) is 68.6 Å². The van der Waals surface area contributed by atoms with Gasteiger partial charge in [-0.25, -0.2) is 9.97 Å². The summed E-state index contributed by atoms with van der Waals surface area (Å²) in [6.07, 6.45) is 6.80. The summed E-state index contributed by atoms with van der Waals surface area (Å²) in [5.74, 6) is -0.0795. The van der Waals surface area contributed by atoms with E-state index in [1.165, 1.54) is 0 Å². The molecule has 0 radical (unpaired) electrons. The number of amides is 2. The Balaban J connectivity index is 1.40. The van der Waals surface area contributed by atoms with Gasteiger partial charge in [0.25, 0.3) is 11.8 Å². The first-order chi connectivity index (χ1) is 17.3. The molecule has 36 heavy (non-hydrogen) atoms. The number of hydrogen-bond acceptors (Lipinski definition) is 6. The van der Waals surface area contributed by atoms with Gasteiger partial charge in [0.1, 0.15) is 11.4 Å². The van der Waals surface area contributed by atoms with E-state index >= 15 is 0 Å². The molecular weight excluding hydrogens is 596 g/mol. The van der Waals surface area contributed by atoms with Gasteiger partial charge < -0.3 is 42.0 Å². The number of nitrogens with zero attached hydrogens (tertiary/aromatic N) is 2. The van der Waals surface area contributed by atoms with Crippen LogP contribution in [0.15, 0.2) is 45.9 Å². The van der Waals surface area contributed by atoms with Crippen molar-refractivity contribution in [2.24, 2.45) is 11.8 Å². The highest BCUT2D eigenvalue weighted by atomic mass is 79.9. The number of nitrogens with two attached hydrogens (primary N) is 2. The van der Waals surface area contributed by atoms with Crippen LogP contribution in [0.3, 0.4) is 0 Å². The molecule has 5 rings (SSSR count). The van der Waals surface area contributed by atoms with Crippen LogP contribution in [0.5, 0.6) is 0 Å².